The molecule has 72 valence electrons. The molecule has 4 nitrogen and oxygen atoms in total. The third-order valence-electron chi connectivity index (χ3n) is 1.51. The third-order valence-corrected chi connectivity index (χ3v) is 2.00. The Morgan fingerprint density at radius 2 is 1.69 bits per heavy atom. The SMILES string of the molecule is CC(O[Cl+3]([O-])([O-])[O-])c1ccccc1. The van der Waals surface area contributed by atoms with E-state index in [0.717, 1.165) is 0 Å². The molecular weight excluding hydrogens is 196 g/mol. The van der Waals surface area contributed by atoms with E-state index in [0.29, 0.717) is 5.56 Å². The lowest BCUT2D eigenvalue weighted by atomic mass is 10.1. The van der Waals surface area contributed by atoms with Gasteiger partial charge in [-0.05, 0) is 12.5 Å². The van der Waals surface area contributed by atoms with E-state index in [1.54, 1.807) is 30.3 Å². The van der Waals surface area contributed by atoms with Crippen molar-refractivity contribution in [2.45, 2.75) is 13.0 Å². The Kier molecular flexibility index (Phi) is 3.24. The highest BCUT2D eigenvalue weighted by molar-refractivity contribution is 5.16. The molecule has 0 bridgehead atoms. The van der Waals surface area contributed by atoms with Gasteiger partial charge in [0.15, 0.2) is 0 Å². The maximum Gasteiger partial charge on any atom is 0.236 e. The van der Waals surface area contributed by atoms with E-state index in [1.165, 1.54) is 6.92 Å². The largest absolute Gasteiger partial charge is 0.236 e. The molecule has 0 aliphatic rings. The average Bonchev–Trinajstić information content (AvgIpc) is 2.03. The number of halogens is 1. The zero-order valence-electron chi connectivity index (χ0n) is 6.98. The van der Waals surface area contributed by atoms with Gasteiger partial charge in [-0.15, -0.1) is 0 Å². The lowest BCUT2D eigenvalue weighted by Gasteiger charge is -2.16. The maximum atomic E-state index is 10.2. The fraction of sp³-hybridized carbons (Fsp3) is 0.250. The summed E-state index contributed by atoms with van der Waals surface area (Å²) in [4.78, 5) is 0. The van der Waals surface area contributed by atoms with Crippen molar-refractivity contribution < 1.29 is 28.5 Å². The van der Waals surface area contributed by atoms with E-state index in [9.17, 15) is 14.0 Å². The van der Waals surface area contributed by atoms with Crippen LogP contribution >= 0.6 is 0 Å². The molecule has 0 aliphatic heterocycles. The molecule has 0 radical (unpaired) electrons. The van der Waals surface area contributed by atoms with Crippen molar-refractivity contribution in [1.82, 2.24) is 0 Å². The summed E-state index contributed by atoms with van der Waals surface area (Å²) >= 11 is 0. The highest BCUT2D eigenvalue weighted by Crippen LogP contribution is 2.18. The Morgan fingerprint density at radius 1 is 1.15 bits per heavy atom. The van der Waals surface area contributed by atoms with Gasteiger partial charge in [0, 0.05) is 0 Å². The highest BCUT2D eigenvalue weighted by atomic mass is 35.7. The summed E-state index contributed by atoms with van der Waals surface area (Å²) in [7, 11) is -4.36. The molecular formula is C8H9ClO4. The molecule has 0 heterocycles. The lowest BCUT2D eigenvalue weighted by Crippen LogP contribution is -2.61. The summed E-state index contributed by atoms with van der Waals surface area (Å²) < 4.78 is 34.8. The molecule has 0 N–H and O–H groups in total. The molecule has 0 aromatic heterocycles. The first-order valence-electron chi connectivity index (χ1n) is 3.63. The van der Waals surface area contributed by atoms with Crippen LogP contribution in [0, 0.1) is 10.2 Å². The predicted octanol–water partition coefficient (Wildman–Crippen LogP) is -1.34. The second kappa shape index (κ2) is 4.04. The first kappa shape index (κ1) is 10.4. The summed E-state index contributed by atoms with van der Waals surface area (Å²) in [6.45, 7) is 1.50. The van der Waals surface area contributed by atoms with Crippen LogP contribution in [0.4, 0.5) is 0 Å². The number of hydrogen-bond donors (Lipinski definition) is 0. The monoisotopic (exact) mass is 204 g/mol. The van der Waals surface area contributed by atoms with Gasteiger partial charge < -0.3 is 0 Å². The van der Waals surface area contributed by atoms with E-state index in [2.05, 4.69) is 4.29 Å². The van der Waals surface area contributed by atoms with Crippen molar-refractivity contribution in [3.8, 4) is 0 Å². The van der Waals surface area contributed by atoms with Crippen LogP contribution in [-0.2, 0) is 4.29 Å². The van der Waals surface area contributed by atoms with Gasteiger partial charge in [-0.2, -0.15) is 14.0 Å². The van der Waals surface area contributed by atoms with Gasteiger partial charge in [0.05, 0.1) is 14.5 Å². The summed E-state index contributed by atoms with van der Waals surface area (Å²) in [6, 6.07) is 8.64. The molecule has 1 aromatic carbocycles. The van der Waals surface area contributed by atoms with Gasteiger partial charge in [0.1, 0.15) is 0 Å². The van der Waals surface area contributed by atoms with Crippen molar-refractivity contribution in [2.24, 2.45) is 0 Å². The summed E-state index contributed by atoms with van der Waals surface area (Å²) in [5.41, 5.74) is 0.648. The van der Waals surface area contributed by atoms with Crippen LogP contribution in [0.1, 0.15) is 18.6 Å². The van der Waals surface area contributed by atoms with E-state index >= 15 is 0 Å². The molecule has 1 unspecified atom stereocenters. The number of rotatable bonds is 3. The third kappa shape index (κ3) is 3.71. The maximum absolute atomic E-state index is 10.2. The second-order valence-electron chi connectivity index (χ2n) is 2.52. The van der Waals surface area contributed by atoms with Crippen molar-refractivity contribution in [3.63, 3.8) is 0 Å². The summed E-state index contributed by atoms with van der Waals surface area (Å²) in [5.74, 6) is 0. The van der Waals surface area contributed by atoms with Crippen LogP contribution in [0.15, 0.2) is 30.3 Å². The van der Waals surface area contributed by atoms with Gasteiger partial charge in [-0.3, -0.25) is 0 Å². The minimum absolute atomic E-state index is 0.648. The van der Waals surface area contributed by atoms with Crippen LogP contribution in [0.3, 0.4) is 0 Å². The first-order chi connectivity index (χ1) is 5.99. The molecule has 1 aromatic rings. The molecule has 13 heavy (non-hydrogen) atoms. The van der Waals surface area contributed by atoms with Gasteiger partial charge in [0.25, 0.3) is 0 Å². The molecule has 1 rings (SSSR count). The van der Waals surface area contributed by atoms with Crippen LogP contribution in [0.5, 0.6) is 0 Å². The van der Waals surface area contributed by atoms with E-state index in [1.807, 2.05) is 0 Å². The van der Waals surface area contributed by atoms with Gasteiger partial charge in [-0.25, -0.2) is 0 Å². The number of benzene rings is 1. The topological polar surface area (TPSA) is 78.4 Å². The fourth-order valence-corrected chi connectivity index (χ4v) is 1.37. The average molecular weight is 205 g/mol. The Morgan fingerprint density at radius 3 is 2.15 bits per heavy atom. The molecule has 1 atom stereocenters. The molecule has 0 saturated carbocycles. The highest BCUT2D eigenvalue weighted by Gasteiger charge is 2.25. The van der Waals surface area contributed by atoms with Crippen LogP contribution in [0.2, 0.25) is 0 Å². The van der Waals surface area contributed by atoms with Gasteiger partial charge in [-0.1, -0.05) is 30.3 Å². The molecule has 0 fully saturated rings. The Bertz CT molecular complexity index is 257. The normalized spacial score (nSPS) is 14.2. The second-order valence-corrected chi connectivity index (χ2v) is 3.45. The molecule has 0 saturated heterocycles. The zero-order chi connectivity index (χ0) is 9.90. The van der Waals surface area contributed by atoms with E-state index < -0.39 is 16.3 Å². The lowest BCUT2D eigenvalue weighted by molar-refractivity contribution is -1.92. The van der Waals surface area contributed by atoms with E-state index in [-0.39, 0.29) is 0 Å². The van der Waals surface area contributed by atoms with Gasteiger partial charge in [0.2, 0.25) is 6.10 Å². The Hall–Kier alpha value is -0.650. The first-order valence-corrected chi connectivity index (χ1v) is 4.86. The molecule has 5 heteroatoms. The van der Waals surface area contributed by atoms with Crippen molar-refractivity contribution >= 4 is 0 Å². The van der Waals surface area contributed by atoms with Crippen LogP contribution < -0.4 is 14.0 Å². The summed E-state index contributed by atoms with van der Waals surface area (Å²) in [6.07, 6.45) is -0.745. The molecule has 0 amide bonds. The van der Waals surface area contributed by atoms with Gasteiger partial charge >= 0.3 is 0 Å². The van der Waals surface area contributed by atoms with Crippen LogP contribution in [0.25, 0.3) is 0 Å². The quantitative estimate of drug-likeness (QED) is 0.611. The fourth-order valence-electron chi connectivity index (χ4n) is 0.939. The minimum Gasteiger partial charge on any atom is -0.183 e. The van der Waals surface area contributed by atoms with E-state index in [4.69, 9.17) is 0 Å². The Balaban J connectivity index is 2.64. The smallest absolute Gasteiger partial charge is 0.183 e. The van der Waals surface area contributed by atoms with Crippen molar-refractivity contribution in [2.75, 3.05) is 0 Å². The molecule has 0 aliphatic carbocycles. The molecule has 0 spiro atoms. The van der Waals surface area contributed by atoms with Crippen molar-refractivity contribution in [1.29, 1.82) is 0 Å². The summed E-state index contributed by atoms with van der Waals surface area (Å²) in [5, 5.41) is 0. The predicted molar refractivity (Wildman–Crippen MR) is 35.9 cm³/mol. The van der Waals surface area contributed by atoms with Crippen LogP contribution in [-0.4, -0.2) is 0 Å². The standard InChI is InChI=1S/C8H9ClO4/c1-7(13-9(10,11)12)8-5-3-2-4-6-8/h2-7H,1H3. The van der Waals surface area contributed by atoms with Crippen molar-refractivity contribution in [3.05, 3.63) is 35.9 Å². The zero-order valence-corrected chi connectivity index (χ0v) is 7.73. The number of hydrogen-bond acceptors (Lipinski definition) is 4. The minimum atomic E-state index is -4.36. The Labute approximate surface area is 78.1 Å².